The molecule has 0 amide bonds. The zero-order chi connectivity index (χ0) is 19.8. The molecule has 0 aliphatic heterocycles. The summed E-state index contributed by atoms with van der Waals surface area (Å²) in [6, 6.07) is 8.50. The number of aromatic amines is 1. The third-order valence-electron chi connectivity index (χ3n) is 5.04. The Balaban J connectivity index is 1.46. The van der Waals surface area contributed by atoms with Gasteiger partial charge in [-0.25, -0.2) is 4.98 Å². The Morgan fingerprint density at radius 1 is 1.18 bits per heavy atom. The third-order valence-corrected chi connectivity index (χ3v) is 5.04. The van der Waals surface area contributed by atoms with E-state index in [1.54, 1.807) is 0 Å². The molecule has 3 rings (SSSR count). The normalized spacial score (nSPS) is 11.9. The van der Waals surface area contributed by atoms with Crippen molar-refractivity contribution in [2.45, 2.75) is 46.6 Å². The molecule has 150 valence electrons. The number of nitrogens with one attached hydrogen (secondary N) is 3. The van der Waals surface area contributed by atoms with E-state index in [-0.39, 0.29) is 0 Å². The number of hydrogen-bond donors (Lipinski definition) is 3. The summed E-state index contributed by atoms with van der Waals surface area (Å²) in [6.07, 6.45) is 7.04. The molecule has 2 aromatic heterocycles. The van der Waals surface area contributed by atoms with Gasteiger partial charge in [0.25, 0.3) is 0 Å². The van der Waals surface area contributed by atoms with Crippen LogP contribution in [-0.2, 0) is 13.0 Å². The molecule has 0 aliphatic carbocycles. The zero-order valence-electron chi connectivity index (χ0n) is 17.3. The van der Waals surface area contributed by atoms with Crippen molar-refractivity contribution in [1.82, 2.24) is 25.2 Å². The van der Waals surface area contributed by atoms with Crippen LogP contribution in [0.2, 0.25) is 0 Å². The average molecular weight is 381 g/mol. The van der Waals surface area contributed by atoms with Crippen LogP contribution in [-0.4, -0.2) is 40.1 Å². The molecule has 0 aliphatic rings. The van der Waals surface area contributed by atoms with Crippen LogP contribution in [0.15, 0.2) is 41.7 Å². The van der Waals surface area contributed by atoms with Crippen molar-refractivity contribution in [3.05, 3.63) is 53.7 Å². The van der Waals surface area contributed by atoms with Crippen molar-refractivity contribution >= 4 is 16.9 Å². The second kappa shape index (κ2) is 9.97. The number of unbranched alkanes of at least 4 members (excludes halogenated alkanes) is 1. The molecule has 0 radical (unpaired) electrons. The maximum absolute atomic E-state index is 4.72. The lowest BCUT2D eigenvalue weighted by atomic mass is 10.1. The Morgan fingerprint density at radius 3 is 2.82 bits per heavy atom. The standard InChI is InChI=1S/C22H32N6/c1-4-23-22(25-12-7-8-15-28-16-14-24-18(28)3)26-13-11-19-17(2)27-21-10-6-5-9-20(19)21/h5-6,9-10,14,16,27H,4,7-8,11-13,15H2,1-3H3,(H2,23,25,26). The summed E-state index contributed by atoms with van der Waals surface area (Å²) in [5.41, 5.74) is 3.85. The number of guanidine groups is 1. The van der Waals surface area contributed by atoms with E-state index in [1.807, 2.05) is 19.3 Å². The Bertz CT molecular complexity index is 905. The molecule has 3 N–H and O–H groups in total. The minimum Gasteiger partial charge on any atom is -0.358 e. The van der Waals surface area contributed by atoms with Crippen LogP contribution >= 0.6 is 0 Å². The van der Waals surface area contributed by atoms with Crippen LogP contribution in [0, 0.1) is 13.8 Å². The van der Waals surface area contributed by atoms with E-state index in [2.05, 4.69) is 63.3 Å². The van der Waals surface area contributed by atoms with Gasteiger partial charge in [0.2, 0.25) is 0 Å². The first-order chi connectivity index (χ1) is 13.7. The number of fused-ring (bicyclic) bond motifs is 1. The first kappa shape index (κ1) is 20.0. The first-order valence-electron chi connectivity index (χ1n) is 10.2. The predicted octanol–water partition coefficient (Wildman–Crippen LogP) is 3.56. The van der Waals surface area contributed by atoms with Crippen molar-refractivity contribution in [1.29, 1.82) is 0 Å². The van der Waals surface area contributed by atoms with E-state index in [0.717, 1.165) is 57.2 Å². The minimum atomic E-state index is 0.829. The molecule has 0 atom stereocenters. The van der Waals surface area contributed by atoms with Crippen molar-refractivity contribution in [2.24, 2.45) is 4.99 Å². The topological polar surface area (TPSA) is 70.0 Å². The fourth-order valence-corrected chi connectivity index (χ4v) is 3.53. The first-order valence-corrected chi connectivity index (χ1v) is 10.2. The fraction of sp³-hybridized carbons (Fsp3) is 0.455. The highest BCUT2D eigenvalue weighted by atomic mass is 15.2. The number of aryl methyl sites for hydroxylation is 3. The van der Waals surface area contributed by atoms with E-state index in [4.69, 9.17) is 4.99 Å². The maximum Gasteiger partial charge on any atom is 0.191 e. The Morgan fingerprint density at radius 2 is 2.04 bits per heavy atom. The summed E-state index contributed by atoms with van der Waals surface area (Å²) in [7, 11) is 0. The molecule has 0 spiro atoms. The number of aliphatic imine (C=N–C) groups is 1. The number of nitrogens with zero attached hydrogens (tertiary/aromatic N) is 3. The monoisotopic (exact) mass is 380 g/mol. The Labute approximate surface area is 167 Å². The third kappa shape index (κ3) is 5.15. The number of benzene rings is 1. The van der Waals surface area contributed by atoms with Gasteiger partial charge in [-0.1, -0.05) is 18.2 Å². The van der Waals surface area contributed by atoms with Crippen LogP contribution in [0.5, 0.6) is 0 Å². The Hall–Kier alpha value is -2.76. The number of para-hydroxylation sites is 1. The molecule has 6 heteroatoms. The van der Waals surface area contributed by atoms with Crippen LogP contribution in [0.25, 0.3) is 10.9 Å². The van der Waals surface area contributed by atoms with Gasteiger partial charge in [0.05, 0.1) is 0 Å². The summed E-state index contributed by atoms with van der Waals surface area (Å²) in [5, 5.41) is 8.14. The molecule has 0 bridgehead atoms. The summed E-state index contributed by atoms with van der Waals surface area (Å²) >= 11 is 0. The average Bonchev–Trinajstić information content (AvgIpc) is 3.24. The summed E-state index contributed by atoms with van der Waals surface area (Å²) < 4.78 is 2.19. The molecule has 2 heterocycles. The number of imidazole rings is 1. The fourth-order valence-electron chi connectivity index (χ4n) is 3.53. The second-order valence-electron chi connectivity index (χ2n) is 7.09. The number of hydrogen-bond acceptors (Lipinski definition) is 2. The number of aromatic nitrogens is 3. The molecular weight excluding hydrogens is 348 g/mol. The van der Waals surface area contributed by atoms with E-state index in [0.29, 0.717) is 0 Å². The van der Waals surface area contributed by atoms with E-state index in [9.17, 15) is 0 Å². The SMILES string of the molecule is CCNC(=NCCCCn1ccnc1C)NCCc1c(C)[nH]c2ccccc12. The van der Waals surface area contributed by atoms with Crippen LogP contribution < -0.4 is 10.6 Å². The van der Waals surface area contributed by atoms with Gasteiger partial charge in [0.1, 0.15) is 5.82 Å². The van der Waals surface area contributed by atoms with Crippen LogP contribution in [0.3, 0.4) is 0 Å². The second-order valence-corrected chi connectivity index (χ2v) is 7.09. The molecule has 0 saturated heterocycles. The zero-order valence-corrected chi connectivity index (χ0v) is 17.3. The molecular formula is C22H32N6. The van der Waals surface area contributed by atoms with Crippen molar-refractivity contribution < 1.29 is 0 Å². The highest BCUT2D eigenvalue weighted by Crippen LogP contribution is 2.21. The number of H-pyrrole nitrogens is 1. The lowest BCUT2D eigenvalue weighted by molar-refractivity contribution is 0.600. The van der Waals surface area contributed by atoms with E-state index < -0.39 is 0 Å². The van der Waals surface area contributed by atoms with E-state index >= 15 is 0 Å². The largest absolute Gasteiger partial charge is 0.358 e. The van der Waals surface area contributed by atoms with Gasteiger partial charge in [-0.15, -0.1) is 0 Å². The van der Waals surface area contributed by atoms with Gasteiger partial charge >= 0.3 is 0 Å². The molecule has 3 aromatic rings. The van der Waals surface area contributed by atoms with E-state index in [1.165, 1.54) is 22.2 Å². The minimum absolute atomic E-state index is 0.829. The summed E-state index contributed by atoms with van der Waals surface area (Å²) in [6.45, 7) is 9.86. The van der Waals surface area contributed by atoms with Gasteiger partial charge < -0.3 is 20.2 Å². The predicted molar refractivity (Wildman–Crippen MR) is 117 cm³/mol. The maximum atomic E-state index is 4.72. The van der Waals surface area contributed by atoms with Crippen LogP contribution in [0.1, 0.15) is 36.8 Å². The van der Waals surface area contributed by atoms with Gasteiger partial charge in [-0.05, 0) is 51.7 Å². The molecule has 0 saturated carbocycles. The molecule has 0 unspecified atom stereocenters. The van der Waals surface area contributed by atoms with Crippen LogP contribution in [0.4, 0.5) is 0 Å². The van der Waals surface area contributed by atoms with Gasteiger partial charge in [-0.3, -0.25) is 4.99 Å². The lowest BCUT2D eigenvalue weighted by Crippen LogP contribution is -2.38. The van der Waals surface area contributed by atoms with Crippen molar-refractivity contribution in [3.63, 3.8) is 0 Å². The smallest absolute Gasteiger partial charge is 0.191 e. The van der Waals surface area contributed by atoms with Gasteiger partial charge in [0, 0.05) is 55.2 Å². The highest BCUT2D eigenvalue weighted by Gasteiger charge is 2.07. The number of rotatable bonds is 9. The summed E-state index contributed by atoms with van der Waals surface area (Å²) in [5.74, 6) is 1.98. The van der Waals surface area contributed by atoms with Gasteiger partial charge in [0.15, 0.2) is 5.96 Å². The molecule has 0 fully saturated rings. The Kier molecular flexibility index (Phi) is 7.12. The van der Waals surface area contributed by atoms with Crippen molar-refractivity contribution in [3.8, 4) is 0 Å². The quantitative estimate of drug-likeness (QED) is 0.302. The highest BCUT2D eigenvalue weighted by molar-refractivity contribution is 5.84. The molecule has 6 nitrogen and oxygen atoms in total. The molecule has 28 heavy (non-hydrogen) atoms. The summed E-state index contributed by atoms with van der Waals surface area (Å²) in [4.78, 5) is 12.5. The lowest BCUT2D eigenvalue weighted by Gasteiger charge is -2.11. The van der Waals surface area contributed by atoms with Gasteiger partial charge in [-0.2, -0.15) is 0 Å². The van der Waals surface area contributed by atoms with Crippen molar-refractivity contribution in [2.75, 3.05) is 19.6 Å². The molecule has 1 aromatic carbocycles.